The summed E-state index contributed by atoms with van der Waals surface area (Å²) in [4.78, 5) is 22.7. The van der Waals surface area contributed by atoms with Crippen molar-refractivity contribution in [3.63, 3.8) is 0 Å². The van der Waals surface area contributed by atoms with Crippen LogP contribution in [0.5, 0.6) is 0 Å². The number of carboxylic acid groups (broad SMARTS) is 1. The van der Waals surface area contributed by atoms with Crippen LogP contribution in [0.4, 0.5) is 0 Å². The molecule has 0 saturated carbocycles. The number of likely N-dealkylation sites (tertiary alicyclic amines) is 1. The predicted octanol–water partition coefficient (Wildman–Crippen LogP) is 4.30. The van der Waals surface area contributed by atoms with E-state index in [4.69, 9.17) is 0 Å². The Morgan fingerprint density at radius 2 is 1.79 bits per heavy atom. The van der Waals surface area contributed by atoms with E-state index >= 15 is 0 Å². The van der Waals surface area contributed by atoms with E-state index in [1.54, 1.807) is 12.1 Å². The second kappa shape index (κ2) is 8.97. The van der Waals surface area contributed by atoms with Crippen molar-refractivity contribution in [2.45, 2.75) is 25.8 Å². The standard InChI is InChI=1S/C24H25N3O2/c28-24(29)22-7-2-1-6-21(22)20-10-8-18(9-11-20)16-27-14-3-5-19(17-27)15-23-25-12-4-13-26-23/h1-2,4,6-13,19H,3,5,14-17H2,(H,28,29)/t19-/m0/s1. The molecule has 2 heterocycles. The highest BCUT2D eigenvalue weighted by atomic mass is 16.4. The first-order valence-corrected chi connectivity index (χ1v) is 10.1. The predicted molar refractivity (Wildman–Crippen MR) is 113 cm³/mol. The molecule has 29 heavy (non-hydrogen) atoms. The van der Waals surface area contributed by atoms with E-state index in [0.29, 0.717) is 11.5 Å². The van der Waals surface area contributed by atoms with Crippen molar-refractivity contribution in [3.8, 4) is 11.1 Å². The minimum Gasteiger partial charge on any atom is -0.478 e. The molecule has 0 amide bonds. The van der Waals surface area contributed by atoms with Gasteiger partial charge in [0.25, 0.3) is 0 Å². The monoisotopic (exact) mass is 387 g/mol. The van der Waals surface area contributed by atoms with Crippen LogP contribution >= 0.6 is 0 Å². The first-order valence-electron chi connectivity index (χ1n) is 10.1. The van der Waals surface area contributed by atoms with Gasteiger partial charge in [0.2, 0.25) is 0 Å². The highest BCUT2D eigenvalue weighted by Crippen LogP contribution is 2.25. The van der Waals surface area contributed by atoms with Crippen molar-refractivity contribution in [3.05, 3.63) is 83.9 Å². The highest BCUT2D eigenvalue weighted by Gasteiger charge is 2.21. The maximum atomic E-state index is 11.5. The van der Waals surface area contributed by atoms with Crippen molar-refractivity contribution in [2.75, 3.05) is 13.1 Å². The van der Waals surface area contributed by atoms with Gasteiger partial charge in [0.1, 0.15) is 5.82 Å². The van der Waals surface area contributed by atoms with Crippen molar-refractivity contribution >= 4 is 5.97 Å². The third-order valence-electron chi connectivity index (χ3n) is 5.52. The summed E-state index contributed by atoms with van der Waals surface area (Å²) in [5.74, 6) is 0.625. The molecule has 5 nitrogen and oxygen atoms in total. The maximum Gasteiger partial charge on any atom is 0.336 e. The fourth-order valence-electron chi connectivity index (χ4n) is 4.12. The molecule has 1 aliphatic rings. The minimum atomic E-state index is -0.897. The summed E-state index contributed by atoms with van der Waals surface area (Å²) in [6.45, 7) is 3.07. The van der Waals surface area contributed by atoms with E-state index in [1.807, 2.05) is 42.7 Å². The van der Waals surface area contributed by atoms with E-state index in [9.17, 15) is 9.90 Å². The van der Waals surface area contributed by atoms with E-state index in [0.717, 1.165) is 43.0 Å². The Hall–Kier alpha value is -3.05. The first-order chi connectivity index (χ1) is 14.2. The Bertz CT molecular complexity index is 957. The van der Waals surface area contributed by atoms with Crippen LogP contribution in [0.15, 0.2) is 67.0 Å². The lowest BCUT2D eigenvalue weighted by Crippen LogP contribution is -2.35. The fraction of sp³-hybridized carbons (Fsp3) is 0.292. The number of piperidine rings is 1. The Morgan fingerprint density at radius 3 is 2.55 bits per heavy atom. The Kier molecular flexibility index (Phi) is 5.96. The van der Waals surface area contributed by atoms with Crippen LogP contribution in [0.25, 0.3) is 11.1 Å². The lowest BCUT2D eigenvalue weighted by molar-refractivity contribution is 0.0697. The second-order valence-electron chi connectivity index (χ2n) is 7.66. The summed E-state index contributed by atoms with van der Waals surface area (Å²) < 4.78 is 0. The molecule has 0 spiro atoms. The number of rotatable bonds is 6. The van der Waals surface area contributed by atoms with Gasteiger partial charge in [-0.1, -0.05) is 42.5 Å². The van der Waals surface area contributed by atoms with E-state index < -0.39 is 5.97 Å². The molecule has 0 aliphatic carbocycles. The third-order valence-corrected chi connectivity index (χ3v) is 5.52. The zero-order valence-corrected chi connectivity index (χ0v) is 16.4. The SMILES string of the molecule is O=C(O)c1ccccc1-c1ccc(CN2CCC[C@@H](Cc3ncccn3)C2)cc1. The third kappa shape index (κ3) is 4.87. The van der Waals surface area contributed by atoms with Gasteiger partial charge in [0.15, 0.2) is 0 Å². The Labute approximate surface area is 171 Å². The number of aromatic nitrogens is 2. The normalized spacial score (nSPS) is 17.2. The van der Waals surface area contributed by atoms with Crippen molar-refractivity contribution in [2.24, 2.45) is 5.92 Å². The molecule has 1 aliphatic heterocycles. The molecule has 1 fully saturated rings. The number of carboxylic acids is 1. The molecule has 1 N–H and O–H groups in total. The fourth-order valence-corrected chi connectivity index (χ4v) is 4.12. The molecule has 0 unspecified atom stereocenters. The molecule has 1 saturated heterocycles. The van der Waals surface area contributed by atoms with Crippen LogP contribution in [-0.2, 0) is 13.0 Å². The largest absolute Gasteiger partial charge is 0.478 e. The first kappa shape index (κ1) is 19.3. The number of hydrogen-bond acceptors (Lipinski definition) is 4. The summed E-state index contributed by atoms with van der Waals surface area (Å²) in [6.07, 6.45) is 6.98. The number of nitrogens with zero attached hydrogens (tertiary/aromatic N) is 3. The summed E-state index contributed by atoms with van der Waals surface area (Å²) in [7, 11) is 0. The van der Waals surface area contributed by atoms with Crippen molar-refractivity contribution in [1.29, 1.82) is 0 Å². The van der Waals surface area contributed by atoms with Gasteiger partial charge in [-0.05, 0) is 54.1 Å². The molecule has 2 aromatic carbocycles. The molecule has 3 aromatic rings. The molecule has 0 radical (unpaired) electrons. The topological polar surface area (TPSA) is 66.3 Å². The molecular formula is C24H25N3O2. The average Bonchev–Trinajstić information content (AvgIpc) is 2.75. The maximum absolute atomic E-state index is 11.5. The van der Waals surface area contributed by atoms with Gasteiger partial charge >= 0.3 is 5.97 Å². The second-order valence-corrected chi connectivity index (χ2v) is 7.66. The summed E-state index contributed by atoms with van der Waals surface area (Å²) in [5, 5.41) is 9.41. The van der Waals surface area contributed by atoms with E-state index in [-0.39, 0.29) is 0 Å². The van der Waals surface area contributed by atoms with Crippen LogP contribution in [-0.4, -0.2) is 39.0 Å². The summed E-state index contributed by atoms with van der Waals surface area (Å²) in [6, 6.07) is 17.3. The van der Waals surface area contributed by atoms with Crippen molar-refractivity contribution in [1.82, 2.24) is 14.9 Å². The Morgan fingerprint density at radius 1 is 1.03 bits per heavy atom. The number of aromatic carboxylic acids is 1. The van der Waals surface area contributed by atoms with Crippen LogP contribution < -0.4 is 0 Å². The smallest absolute Gasteiger partial charge is 0.336 e. The van der Waals surface area contributed by atoms with Crippen LogP contribution in [0.2, 0.25) is 0 Å². The Balaban J connectivity index is 1.40. The molecule has 1 atom stereocenters. The molecule has 4 rings (SSSR count). The van der Waals surface area contributed by atoms with Gasteiger partial charge in [0.05, 0.1) is 5.56 Å². The quantitative estimate of drug-likeness (QED) is 0.683. The van der Waals surface area contributed by atoms with Gasteiger partial charge in [-0.2, -0.15) is 0 Å². The average molecular weight is 387 g/mol. The zero-order valence-electron chi connectivity index (χ0n) is 16.4. The zero-order chi connectivity index (χ0) is 20.1. The number of benzene rings is 2. The summed E-state index contributed by atoms with van der Waals surface area (Å²) in [5.41, 5.74) is 3.28. The lowest BCUT2D eigenvalue weighted by Gasteiger charge is -2.32. The number of hydrogen-bond donors (Lipinski definition) is 1. The van der Waals surface area contributed by atoms with Gasteiger partial charge in [-0.3, -0.25) is 4.90 Å². The number of carbonyl (C=O) groups is 1. The lowest BCUT2D eigenvalue weighted by atomic mass is 9.94. The van der Waals surface area contributed by atoms with Crippen molar-refractivity contribution < 1.29 is 9.90 Å². The van der Waals surface area contributed by atoms with Gasteiger partial charge in [0, 0.05) is 31.9 Å². The van der Waals surface area contributed by atoms with Gasteiger partial charge in [-0.25, -0.2) is 14.8 Å². The molecular weight excluding hydrogens is 362 g/mol. The van der Waals surface area contributed by atoms with Crippen LogP contribution in [0.1, 0.15) is 34.6 Å². The van der Waals surface area contributed by atoms with Crippen LogP contribution in [0, 0.1) is 5.92 Å². The highest BCUT2D eigenvalue weighted by molar-refractivity contribution is 5.95. The molecule has 0 bridgehead atoms. The van der Waals surface area contributed by atoms with Crippen LogP contribution in [0.3, 0.4) is 0 Å². The summed E-state index contributed by atoms with van der Waals surface area (Å²) >= 11 is 0. The van der Waals surface area contributed by atoms with Gasteiger partial charge < -0.3 is 5.11 Å². The molecule has 148 valence electrons. The van der Waals surface area contributed by atoms with Gasteiger partial charge in [-0.15, -0.1) is 0 Å². The van der Waals surface area contributed by atoms with E-state index in [2.05, 4.69) is 27.0 Å². The van der Waals surface area contributed by atoms with E-state index in [1.165, 1.54) is 18.4 Å². The molecule has 1 aromatic heterocycles. The minimum absolute atomic E-state index is 0.335. The molecule has 5 heteroatoms.